The SMILES string of the molecule is CC1COCCC1NC1C=C[C@@](C(=O)OCc2ccccc2)(C(C)C)C1. The lowest BCUT2D eigenvalue weighted by atomic mass is 9.76. The normalized spacial score (nSPS) is 31.3. The van der Waals surface area contributed by atoms with E-state index in [2.05, 4.69) is 38.2 Å². The Morgan fingerprint density at radius 3 is 2.81 bits per heavy atom. The average Bonchev–Trinajstić information content (AvgIpc) is 3.08. The van der Waals surface area contributed by atoms with Crippen LogP contribution in [0.25, 0.3) is 0 Å². The van der Waals surface area contributed by atoms with E-state index < -0.39 is 5.41 Å². The first-order chi connectivity index (χ1) is 12.5. The van der Waals surface area contributed by atoms with Crippen LogP contribution in [0, 0.1) is 17.3 Å². The van der Waals surface area contributed by atoms with Crippen LogP contribution in [0.5, 0.6) is 0 Å². The second kappa shape index (κ2) is 8.36. The quantitative estimate of drug-likeness (QED) is 0.623. The predicted octanol–water partition coefficient (Wildman–Crippen LogP) is 3.72. The molecule has 142 valence electrons. The monoisotopic (exact) mass is 357 g/mol. The van der Waals surface area contributed by atoms with Gasteiger partial charge >= 0.3 is 5.97 Å². The third kappa shape index (κ3) is 4.18. The maximum absolute atomic E-state index is 13.0. The van der Waals surface area contributed by atoms with Gasteiger partial charge in [-0.3, -0.25) is 4.79 Å². The maximum Gasteiger partial charge on any atom is 0.316 e. The molecule has 3 unspecified atom stereocenters. The van der Waals surface area contributed by atoms with Gasteiger partial charge in [-0.15, -0.1) is 0 Å². The van der Waals surface area contributed by atoms with Crippen molar-refractivity contribution in [2.24, 2.45) is 17.3 Å². The smallest absolute Gasteiger partial charge is 0.316 e. The van der Waals surface area contributed by atoms with E-state index in [9.17, 15) is 4.79 Å². The van der Waals surface area contributed by atoms with E-state index in [0.29, 0.717) is 18.6 Å². The molecule has 0 spiro atoms. The van der Waals surface area contributed by atoms with E-state index in [1.807, 2.05) is 30.3 Å². The van der Waals surface area contributed by atoms with Gasteiger partial charge in [0.2, 0.25) is 0 Å². The summed E-state index contributed by atoms with van der Waals surface area (Å²) in [6.45, 7) is 8.38. The maximum atomic E-state index is 13.0. The molecule has 0 radical (unpaired) electrons. The number of rotatable bonds is 6. The fourth-order valence-corrected chi connectivity index (χ4v) is 3.98. The molecule has 1 heterocycles. The summed E-state index contributed by atoms with van der Waals surface area (Å²) in [6, 6.07) is 10.5. The molecule has 0 saturated carbocycles. The molecular weight excluding hydrogens is 326 g/mol. The molecule has 1 aliphatic heterocycles. The lowest BCUT2D eigenvalue weighted by Crippen LogP contribution is -2.47. The van der Waals surface area contributed by atoms with Gasteiger partial charge in [-0.25, -0.2) is 0 Å². The van der Waals surface area contributed by atoms with Crippen molar-refractivity contribution < 1.29 is 14.3 Å². The van der Waals surface area contributed by atoms with Crippen LogP contribution >= 0.6 is 0 Å². The minimum Gasteiger partial charge on any atom is -0.460 e. The summed E-state index contributed by atoms with van der Waals surface area (Å²) >= 11 is 0. The minimum atomic E-state index is -0.541. The molecule has 3 rings (SSSR count). The predicted molar refractivity (Wildman–Crippen MR) is 103 cm³/mol. The van der Waals surface area contributed by atoms with Crippen molar-refractivity contribution in [3.8, 4) is 0 Å². The van der Waals surface area contributed by atoms with Crippen molar-refractivity contribution in [2.45, 2.75) is 52.3 Å². The molecule has 0 aromatic heterocycles. The van der Waals surface area contributed by atoms with E-state index in [-0.39, 0.29) is 17.9 Å². The van der Waals surface area contributed by atoms with Crippen molar-refractivity contribution in [2.75, 3.05) is 13.2 Å². The Kier molecular flexibility index (Phi) is 6.15. The first-order valence-electron chi connectivity index (χ1n) is 9.75. The standard InChI is InChI=1S/C22H31NO3/c1-16(2)22(21(24)26-15-18-7-5-4-6-8-18)11-9-19(13-22)23-20-10-12-25-14-17(20)3/h4-9,11,16-17,19-20,23H,10,12-15H2,1-3H3/t17?,19?,20?,22-/m0/s1. The van der Waals surface area contributed by atoms with Gasteiger partial charge in [-0.2, -0.15) is 0 Å². The molecule has 1 fully saturated rings. The zero-order chi connectivity index (χ0) is 18.6. The summed E-state index contributed by atoms with van der Waals surface area (Å²) in [5.41, 5.74) is 0.480. The number of ether oxygens (including phenoxy) is 2. The van der Waals surface area contributed by atoms with E-state index in [1.54, 1.807) is 0 Å². The van der Waals surface area contributed by atoms with Gasteiger partial charge in [-0.05, 0) is 30.2 Å². The Balaban J connectivity index is 1.61. The van der Waals surface area contributed by atoms with Crippen LogP contribution in [0.1, 0.15) is 39.2 Å². The van der Waals surface area contributed by atoms with Crippen molar-refractivity contribution >= 4 is 5.97 Å². The number of benzene rings is 1. The van der Waals surface area contributed by atoms with Crippen molar-refractivity contribution in [1.29, 1.82) is 0 Å². The molecule has 1 aromatic rings. The van der Waals surface area contributed by atoms with Gasteiger partial charge in [0, 0.05) is 18.7 Å². The van der Waals surface area contributed by atoms with Gasteiger partial charge in [0.25, 0.3) is 0 Å². The highest BCUT2D eigenvalue weighted by atomic mass is 16.5. The Bertz CT molecular complexity index is 628. The number of hydrogen-bond acceptors (Lipinski definition) is 4. The molecule has 2 aliphatic rings. The molecule has 1 N–H and O–H groups in total. The topological polar surface area (TPSA) is 47.6 Å². The zero-order valence-electron chi connectivity index (χ0n) is 16.1. The molecule has 4 atom stereocenters. The average molecular weight is 357 g/mol. The molecule has 1 aliphatic carbocycles. The van der Waals surface area contributed by atoms with Gasteiger partial charge in [0.05, 0.1) is 12.0 Å². The number of hydrogen-bond donors (Lipinski definition) is 1. The largest absolute Gasteiger partial charge is 0.460 e. The minimum absolute atomic E-state index is 0.114. The van der Waals surface area contributed by atoms with E-state index in [0.717, 1.165) is 31.6 Å². The summed E-state index contributed by atoms with van der Waals surface area (Å²) in [5, 5.41) is 3.73. The Morgan fingerprint density at radius 2 is 2.12 bits per heavy atom. The van der Waals surface area contributed by atoms with Gasteiger partial charge in [0.1, 0.15) is 6.61 Å². The number of nitrogens with one attached hydrogen (secondary N) is 1. The van der Waals surface area contributed by atoms with Crippen LogP contribution < -0.4 is 5.32 Å². The van der Waals surface area contributed by atoms with Crippen LogP contribution in [0.4, 0.5) is 0 Å². The molecular formula is C22H31NO3. The summed E-state index contributed by atoms with van der Waals surface area (Å²) in [7, 11) is 0. The van der Waals surface area contributed by atoms with Crippen LogP contribution in [-0.4, -0.2) is 31.3 Å². The highest BCUT2D eigenvalue weighted by Crippen LogP contribution is 2.41. The van der Waals surface area contributed by atoms with Crippen LogP contribution in [0.2, 0.25) is 0 Å². The third-order valence-electron chi connectivity index (χ3n) is 5.88. The lowest BCUT2D eigenvalue weighted by molar-refractivity contribution is -0.157. The van der Waals surface area contributed by atoms with Gasteiger partial charge in [-0.1, -0.05) is 63.3 Å². The third-order valence-corrected chi connectivity index (χ3v) is 5.88. The molecule has 4 nitrogen and oxygen atoms in total. The molecule has 0 amide bonds. The van der Waals surface area contributed by atoms with Crippen molar-refractivity contribution in [3.63, 3.8) is 0 Å². The van der Waals surface area contributed by atoms with E-state index in [1.165, 1.54) is 0 Å². The zero-order valence-corrected chi connectivity index (χ0v) is 16.1. The number of esters is 1. The van der Waals surface area contributed by atoms with Crippen molar-refractivity contribution in [3.05, 3.63) is 48.0 Å². The van der Waals surface area contributed by atoms with Crippen LogP contribution in [0.3, 0.4) is 0 Å². The molecule has 1 aromatic carbocycles. The number of carbonyl (C=O) groups is 1. The van der Waals surface area contributed by atoms with Gasteiger partial charge in [0.15, 0.2) is 0 Å². The Labute approximate surface area is 157 Å². The lowest BCUT2D eigenvalue weighted by Gasteiger charge is -2.34. The second-order valence-electron chi connectivity index (χ2n) is 8.04. The molecule has 1 saturated heterocycles. The fourth-order valence-electron chi connectivity index (χ4n) is 3.98. The summed E-state index contributed by atoms with van der Waals surface area (Å²) in [6.07, 6.45) is 6.03. The van der Waals surface area contributed by atoms with Crippen LogP contribution in [0.15, 0.2) is 42.5 Å². The molecule has 26 heavy (non-hydrogen) atoms. The first-order valence-corrected chi connectivity index (χ1v) is 9.75. The van der Waals surface area contributed by atoms with Crippen molar-refractivity contribution in [1.82, 2.24) is 5.32 Å². The molecule has 0 bridgehead atoms. The van der Waals surface area contributed by atoms with Crippen LogP contribution in [-0.2, 0) is 20.9 Å². The van der Waals surface area contributed by atoms with E-state index >= 15 is 0 Å². The summed E-state index contributed by atoms with van der Waals surface area (Å²) in [4.78, 5) is 13.0. The summed E-state index contributed by atoms with van der Waals surface area (Å²) in [5.74, 6) is 0.578. The number of carbonyl (C=O) groups excluding carboxylic acids is 1. The second-order valence-corrected chi connectivity index (χ2v) is 8.04. The highest BCUT2D eigenvalue weighted by molar-refractivity contribution is 5.80. The Morgan fingerprint density at radius 1 is 1.35 bits per heavy atom. The Hall–Kier alpha value is -1.65. The van der Waals surface area contributed by atoms with E-state index in [4.69, 9.17) is 9.47 Å². The first kappa shape index (κ1) is 19.1. The van der Waals surface area contributed by atoms with Gasteiger partial charge < -0.3 is 14.8 Å². The summed E-state index contributed by atoms with van der Waals surface area (Å²) < 4.78 is 11.2. The highest BCUT2D eigenvalue weighted by Gasteiger charge is 2.46. The fraction of sp³-hybridized carbons (Fsp3) is 0.591. The molecule has 4 heteroatoms.